The number of hydrogen-bond donors (Lipinski definition) is 0. The molecule has 1 aliphatic rings. The van der Waals surface area contributed by atoms with Crippen LogP contribution in [0.3, 0.4) is 0 Å². The van der Waals surface area contributed by atoms with Crippen molar-refractivity contribution in [2.45, 2.75) is 19.6 Å². The molecule has 0 aliphatic carbocycles. The fourth-order valence-electron chi connectivity index (χ4n) is 2.66. The quantitative estimate of drug-likeness (QED) is 0.640. The van der Waals surface area contributed by atoms with Crippen molar-refractivity contribution in [1.29, 1.82) is 0 Å². The van der Waals surface area contributed by atoms with Crippen LogP contribution in [0.25, 0.3) is 0 Å². The molecule has 0 bridgehead atoms. The molecule has 4 rings (SSSR count). The number of carbonyl (C=O) groups is 1. The first-order chi connectivity index (χ1) is 13.1. The molecule has 8 heteroatoms. The van der Waals surface area contributed by atoms with Crippen molar-refractivity contribution in [3.8, 4) is 17.2 Å². The molecule has 140 valence electrons. The summed E-state index contributed by atoms with van der Waals surface area (Å²) in [5.41, 5.74) is 0.255. The fraction of sp³-hybridized carbons (Fsp3) is 0.263. The van der Waals surface area contributed by atoms with Gasteiger partial charge >= 0.3 is 0 Å². The number of benzene rings is 1. The second-order valence-electron chi connectivity index (χ2n) is 6.04. The minimum atomic E-state index is -0.200. The largest absolute Gasteiger partial charge is 0.484 e. The molecule has 0 radical (unpaired) electrons. The monoisotopic (exact) mass is 386 g/mol. The van der Waals surface area contributed by atoms with Gasteiger partial charge in [-0.3, -0.25) is 4.79 Å². The Balaban J connectivity index is 1.38. The van der Waals surface area contributed by atoms with Crippen LogP contribution in [0, 0.1) is 0 Å². The number of rotatable bonds is 6. The summed E-state index contributed by atoms with van der Waals surface area (Å²) in [7, 11) is 1.75. The third kappa shape index (κ3) is 3.61. The average molecular weight is 386 g/mol. The highest BCUT2D eigenvalue weighted by molar-refractivity contribution is 7.10. The molecule has 0 saturated carbocycles. The van der Waals surface area contributed by atoms with Crippen LogP contribution in [-0.4, -0.2) is 29.6 Å². The maximum absolute atomic E-state index is 12.6. The Bertz CT molecular complexity index is 937. The summed E-state index contributed by atoms with van der Waals surface area (Å²) in [6.07, 6.45) is 1.36. The molecular weight excluding hydrogens is 368 g/mol. The molecule has 0 saturated heterocycles. The Kier molecular flexibility index (Phi) is 4.72. The van der Waals surface area contributed by atoms with E-state index >= 15 is 0 Å². The van der Waals surface area contributed by atoms with Gasteiger partial charge < -0.3 is 23.5 Å². The zero-order valence-electron chi connectivity index (χ0n) is 14.9. The molecule has 1 atom stereocenters. The van der Waals surface area contributed by atoms with E-state index in [9.17, 15) is 4.79 Å². The van der Waals surface area contributed by atoms with Crippen LogP contribution in [-0.2, 0) is 6.61 Å². The summed E-state index contributed by atoms with van der Waals surface area (Å²) >= 11 is 1.61. The minimum Gasteiger partial charge on any atom is -0.484 e. The summed E-state index contributed by atoms with van der Waals surface area (Å²) in [5, 5.41) is 1.99. The normalized spacial score (nSPS) is 13.4. The van der Waals surface area contributed by atoms with E-state index in [0.29, 0.717) is 23.1 Å². The molecule has 1 aromatic carbocycles. The van der Waals surface area contributed by atoms with Gasteiger partial charge in [-0.2, -0.15) is 0 Å². The molecule has 2 aromatic heterocycles. The summed E-state index contributed by atoms with van der Waals surface area (Å²) in [5.74, 6) is 2.06. The highest BCUT2D eigenvalue weighted by Gasteiger charge is 2.22. The third-order valence-electron chi connectivity index (χ3n) is 4.33. The number of ether oxygens (including phenoxy) is 3. The Hall–Kier alpha value is -3.00. The highest BCUT2D eigenvalue weighted by Crippen LogP contribution is 2.35. The van der Waals surface area contributed by atoms with Crippen LogP contribution in [0.5, 0.6) is 17.2 Å². The number of amides is 1. The lowest BCUT2D eigenvalue weighted by atomic mass is 10.2. The van der Waals surface area contributed by atoms with Gasteiger partial charge in [0, 0.05) is 18.0 Å². The van der Waals surface area contributed by atoms with Crippen molar-refractivity contribution < 1.29 is 23.4 Å². The summed E-state index contributed by atoms with van der Waals surface area (Å²) in [4.78, 5) is 19.6. The second-order valence-corrected chi connectivity index (χ2v) is 7.02. The molecule has 7 nitrogen and oxygen atoms in total. The van der Waals surface area contributed by atoms with Crippen molar-refractivity contribution in [3.05, 3.63) is 58.4 Å². The molecule has 0 spiro atoms. The first-order valence-electron chi connectivity index (χ1n) is 8.39. The number of fused-ring (bicyclic) bond motifs is 1. The standard InChI is InChI=1S/C19H18N2O5S/c1-12(17-4-3-7-27-17)21(2)19(22)14-9-24-18(20-14)10-23-13-5-6-15-16(8-13)26-11-25-15/h3-9,12H,10-11H2,1-2H3/t12-/m0/s1. The van der Waals surface area contributed by atoms with Crippen LogP contribution in [0.4, 0.5) is 0 Å². The molecule has 0 N–H and O–H groups in total. The molecule has 3 aromatic rings. The maximum Gasteiger partial charge on any atom is 0.276 e. The van der Waals surface area contributed by atoms with E-state index < -0.39 is 0 Å². The first-order valence-corrected chi connectivity index (χ1v) is 9.27. The van der Waals surface area contributed by atoms with Crippen molar-refractivity contribution in [2.24, 2.45) is 0 Å². The molecule has 1 aliphatic heterocycles. The lowest BCUT2D eigenvalue weighted by Crippen LogP contribution is -2.29. The van der Waals surface area contributed by atoms with Gasteiger partial charge in [0.05, 0.1) is 6.04 Å². The van der Waals surface area contributed by atoms with Gasteiger partial charge in [0.1, 0.15) is 12.0 Å². The van der Waals surface area contributed by atoms with Gasteiger partial charge in [0.25, 0.3) is 5.91 Å². The Labute approximate surface area is 160 Å². The molecule has 0 fully saturated rings. The van der Waals surface area contributed by atoms with Crippen LogP contribution in [0.2, 0.25) is 0 Å². The molecule has 27 heavy (non-hydrogen) atoms. The van der Waals surface area contributed by atoms with E-state index in [1.165, 1.54) is 6.26 Å². The Morgan fingerprint density at radius 2 is 2.19 bits per heavy atom. The smallest absolute Gasteiger partial charge is 0.276 e. The third-order valence-corrected chi connectivity index (χ3v) is 5.38. The summed E-state index contributed by atoms with van der Waals surface area (Å²) in [6.45, 7) is 2.30. The second kappa shape index (κ2) is 7.32. The van der Waals surface area contributed by atoms with Gasteiger partial charge in [-0.25, -0.2) is 4.98 Å². The maximum atomic E-state index is 12.6. The van der Waals surface area contributed by atoms with E-state index in [4.69, 9.17) is 18.6 Å². The lowest BCUT2D eigenvalue weighted by Gasteiger charge is -2.22. The van der Waals surface area contributed by atoms with Crippen LogP contribution >= 0.6 is 11.3 Å². The minimum absolute atomic E-state index is 0.0393. The van der Waals surface area contributed by atoms with Crippen LogP contribution in [0.1, 0.15) is 34.2 Å². The van der Waals surface area contributed by atoms with Crippen molar-refractivity contribution in [1.82, 2.24) is 9.88 Å². The fourth-order valence-corrected chi connectivity index (χ4v) is 3.49. The highest BCUT2D eigenvalue weighted by atomic mass is 32.1. The van der Waals surface area contributed by atoms with Gasteiger partial charge in [0.15, 0.2) is 23.8 Å². The van der Waals surface area contributed by atoms with E-state index in [0.717, 1.165) is 4.88 Å². The predicted octanol–water partition coefficient (Wildman–Crippen LogP) is 3.88. The number of hydrogen-bond acceptors (Lipinski definition) is 7. The molecule has 3 heterocycles. The number of oxazole rings is 1. The Morgan fingerprint density at radius 1 is 1.33 bits per heavy atom. The van der Waals surface area contributed by atoms with E-state index in [1.807, 2.05) is 24.4 Å². The van der Waals surface area contributed by atoms with Gasteiger partial charge in [-0.05, 0) is 30.5 Å². The van der Waals surface area contributed by atoms with Crippen LogP contribution < -0.4 is 14.2 Å². The van der Waals surface area contributed by atoms with Crippen molar-refractivity contribution >= 4 is 17.2 Å². The zero-order chi connectivity index (χ0) is 18.8. The SMILES string of the molecule is C[C@@H](c1cccs1)N(C)C(=O)c1coc(COc2ccc3c(c2)OCO3)n1. The topological polar surface area (TPSA) is 74.0 Å². The van der Waals surface area contributed by atoms with E-state index in [2.05, 4.69) is 4.98 Å². The van der Waals surface area contributed by atoms with Gasteiger partial charge in [0.2, 0.25) is 12.7 Å². The number of nitrogens with zero attached hydrogens (tertiary/aromatic N) is 2. The summed E-state index contributed by atoms with van der Waals surface area (Å²) in [6, 6.07) is 9.24. The number of aromatic nitrogens is 1. The van der Waals surface area contributed by atoms with Crippen LogP contribution in [0.15, 0.2) is 46.4 Å². The van der Waals surface area contributed by atoms with Gasteiger partial charge in [-0.1, -0.05) is 6.07 Å². The van der Waals surface area contributed by atoms with Crippen molar-refractivity contribution in [2.75, 3.05) is 13.8 Å². The van der Waals surface area contributed by atoms with Crippen molar-refractivity contribution in [3.63, 3.8) is 0 Å². The predicted molar refractivity (Wildman–Crippen MR) is 98.2 cm³/mol. The molecule has 0 unspecified atom stereocenters. The Morgan fingerprint density at radius 3 is 3.00 bits per heavy atom. The average Bonchev–Trinajstić information content (AvgIpc) is 3.45. The first kappa shape index (κ1) is 17.4. The van der Waals surface area contributed by atoms with E-state index in [-0.39, 0.29) is 31.0 Å². The molecule has 1 amide bonds. The lowest BCUT2D eigenvalue weighted by molar-refractivity contribution is 0.0739. The number of thiophene rings is 1. The zero-order valence-corrected chi connectivity index (χ0v) is 15.7. The summed E-state index contributed by atoms with van der Waals surface area (Å²) < 4.78 is 21.6. The number of carbonyl (C=O) groups excluding carboxylic acids is 1. The van der Waals surface area contributed by atoms with Gasteiger partial charge in [-0.15, -0.1) is 11.3 Å². The molecular formula is C19H18N2O5S. The van der Waals surface area contributed by atoms with E-state index in [1.54, 1.807) is 41.5 Å².